The first-order valence-electron chi connectivity index (χ1n) is 6.96. The first-order valence-corrected chi connectivity index (χ1v) is 7.34. The molecule has 0 radical (unpaired) electrons. The molecular formula is C15H17ClFNO3. The van der Waals surface area contributed by atoms with Gasteiger partial charge in [-0.3, -0.25) is 9.59 Å². The van der Waals surface area contributed by atoms with Crippen molar-refractivity contribution in [1.82, 2.24) is 5.32 Å². The molecule has 6 heteroatoms. The van der Waals surface area contributed by atoms with E-state index in [1.165, 1.54) is 12.1 Å². The van der Waals surface area contributed by atoms with E-state index in [-0.39, 0.29) is 36.5 Å². The summed E-state index contributed by atoms with van der Waals surface area (Å²) < 4.78 is 18.7. The van der Waals surface area contributed by atoms with E-state index in [9.17, 15) is 14.0 Å². The molecule has 0 heterocycles. The van der Waals surface area contributed by atoms with E-state index in [0.717, 1.165) is 12.8 Å². The van der Waals surface area contributed by atoms with E-state index in [4.69, 9.17) is 16.3 Å². The third kappa shape index (κ3) is 4.70. The van der Waals surface area contributed by atoms with Crippen molar-refractivity contribution in [2.24, 2.45) is 0 Å². The van der Waals surface area contributed by atoms with Crippen LogP contribution in [0.25, 0.3) is 0 Å². The minimum atomic E-state index is -0.525. The lowest BCUT2D eigenvalue weighted by molar-refractivity contribution is -0.126. The van der Waals surface area contributed by atoms with Gasteiger partial charge in [0.15, 0.2) is 17.3 Å². The standard InChI is InChI=1S/C15H17ClFNO3/c16-10-6-7-14(11(17)9-10)21-8-2-5-15(20)18-12-3-1-4-13(12)19/h6-7,9,12H,1-5,8H2,(H,18,20). The van der Waals surface area contributed by atoms with Crippen LogP contribution < -0.4 is 10.1 Å². The van der Waals surface area contributed by atoms with Crippen molar-refractivity contribution < 1.29 is 18.7 Å². The Balaban J connectivity index is 1.67. The van der Waals surface area contributed by atoms with E-state index >= 15 is 0 Å². The molecule has 21 heavy (non-hydrogen) atoms. The van der Waals surface area contributed by atoms with Crippen LogP contribution in [0.3, 0.4) is 0 Å². The van der Waals surface area contributed by atoms with E-state index in [2.05, 4.69) is 5.32 Å². The molecule has 1 aromatic rings. The summed E-state index contributed by atoms with van der Waals surface area (Å²) in [6.07, 6.45) is 2.80. The molecule has 1 N–H and O–H groups in total. The number of benzene rings is 1. The second kappa shape index (κ2) is 7.41. The number of halogens is 2. The number of carbonyl (C=O) groups is 2. The van der Waals surface area contributed by atoms with Crippen LogP contribution in [0.5, 0.6) is 5.75 Å². The van der Waals surface area contributed by atoms with Gasteiger partial charge in [0.2, 0.25) is 5.91 Å². The van der Waals surface area contributed by atoms with Crippen LogP contribution in [0.2, 0.25) is 5.02 Å². The van der Waals surface area contributed by atoms with Crippen LogP contribution in [0.4, 0.5) is 4.39 Å². The molecule has 0 aliphatic heterocycles. The SMILES string of the molecule is O=C(CCCOc1ccc(Cl)cc1F)NC1CCCC1=O. The third-order valence-corrected chi connectivity index (χ3v) is 3.57. The Morgan fingerprint density at radius 1 is 1.48 bits per heavy atom. The largest absolute Gasteiger partial charge is 0.491 e. The van der Waals surface area contributed by atoms with Crippen molar-refractivity contribution in [2.45, 2.75) is 38.1 Å². The highest BCUT2D eigenvalue weighted by Gasteiger charge is 2.25. The molecule has 1 aliphatic carbocycles. The van der Waals surface area contributed by atoms with Gasteiger partial charge in [0.05, 0.1) is 12.6 Å². The van der Waals surface area contributed by atoms with Crippen LogP contribution in [-0.2, 0) is 9.59 Å². The van der Waals surface area contributed by atoms with Crippen molar-refractivity contribution in [1.29, 1.82) is 0 Å². The Labute approximate surface area is 127 Å². The lowest BCUT2D eigenvalue weighted by atomic mass is 10.2. The van der Waals surface area contributed by atoms with E-state index < -0.39 is 5.82 Å². The Hall–Kier alpha value is -1.62. The minimum absolute atomic E-state index is 0.0998. The number of amides is 1. The summed E-state index contributed by atoms with van der Waals surface area (Å²) >= 11 is 5.64. The van der Waals surface area contributed by atoms with E-state index in [1.54, 1.807) is 6.07 Å². The molecule has 4 nitrogen and oxygen atoms in total. The summed E-state index contributed by atoms with van der Waals surface area (Å²) in [6.45, 7) is 0.227. The van der Waals surface area contributed by atoms with Crippen LogP contribution >= 0.6 is 11.6 Å². The number of ether oxygens (including phenoxy) is 1. The third-order valence-electron chi connectivity index (χ3n) is 3.34. The average Bonchev–Trinajstić information content (AvgIpc) is 2.82. The van der Waals surface area contributed by atoms with E-state index in [1.807, 2.05) is 0 Å². The molecular weight excluding hydrogens is 297 g/mol. The number of Topliss-reactive ketones (excluding diaryl/α,β-unsaturated/α-hetero) is 1. The summed E-state index contributed by atoms with van der Waals surface area (Å²) in [5.74, 6) is -0.479. The molecule has 1 aromatic carbocycles. The average molecular weight is 314 g/mol. The highest BCUT2D eigenvalue weighted by atomic mass is 35.5. The Kier molecular flexibility index (Phi) is 5.56. The van der Waals surface area contributed by atoms with Crippen molar-refractivity contribution in [3.8, 4) is 5.75 Å². The zero-order chi connectivity index (χ0) is 15.2. The highest BCUT2D eigenvalue weighted by molar-refractivity contribution is 6.30. The fraction of sp³-hybridized carbons (Fsp3) is 0.467. The second-order valence-corrected chi connectivity index (χ2v) is 5.44. The van der Waals surface area contributed by atoms with Gasteiger partial charge in [-0.25, -0.2) is 4.39 Å². The van der Waals surface area contributed by atoms with Gasteiger partial charge >= 0.3 is 0 Å². The number of hydrogen-bond acceptors (Lipinski definition) is 3. The maximum Gasteiger partial charge on any atom is 0.220 e. The first-order chi connectivity index (χ1) is 10.1. The van der Waals surface area contributed by atoms with Crippen LogP contribution in [0.15, 0.2) is 18.2 Å². The van der Waals surface area contributed by atoms with Crippen LogP contribution in [0, 0.1) is 5.82 Å². The quantitative estimate of drug-likeness (QED) is 0.822. The smallest absolute Gasteiger partial charge is 0.220 e. The molecule has 114 valence electrons. The van der Waals surface area contributed by atoms with Crippen LogP contribution in [0.1, 0.15) is 32.1 Å². The van der Waals surface area contributed by atoms with Gasteiger partial charge in [-0.05, 0) is 37.5 Å². The lowest BCUT2D eigenvalue weighted by Gasteiger charge is -2.11. The normalized spacial score (nSPS) is 17.8. The first kappa shape index (κ1) is 15.8. The summed E-state index contributed by atoms with van der Waals surface area (Å²) in [4.78, 5) is 23.1. The number of ketones is 1. The Bertz CT molecular complexity index is 536. The number of hydrogen-bond donors (Lipinski definition) is 1. The van der Waals surface area contributed by atoms with Crippen molar-refractivity contribution in [3.63, 3.8) is 0 Å². The Morgan fingerprint density at radius 2 is 2.29 bits per heavy atom. The molecule has 2 rings (SSSR count). The van der Waals surface area contributed by atoms with Gasteiger partial charge in [0, 0.05) is 17.9 Å². The number of carbonyl (C=O) groups excluding carboxylic acids is 2. The minimum Gasteiger partial charge on any atom is -0.491 e. The van der Waals surface area contributed by atoms with Crippen molar-refractivity contribution in [2.75, 3.05) is 6.61 Å². The highest BCUT2D eigenvalue weighted by Crippen LogP contribution is 2.21. The van der Waals surface area contributed by atoms with Gasteiger partial charge in [-0.1, -0.05) is 11.6 Å². The Morgan fingerprint density at radius 3 is 2.95 bits per heavy atom. The molecule has 1 atom stereocenters. The fourth-order valence-electron chi connectivity index (χ4n) is 2.24. The number of rotatable bonds is 6. The fourth-order valence-corrected chi connectivity index (χ4v) is 2.40. The predicted molar refractivity (Wildman–Crippen MR) is 76.9 cm³/mol. The van der Waals surface area contributed by atoms with E-state index in [0.29, 0.717) is 17.9 Å². The maximum atomic E-state index is 13.4. The topological polar surface area (TPSA) is 55.4 Å². The zero-order valence-electron chi connectivity index (χ0n) is 11.5. The number of nitrogens with one attached hydrogen (secondary N) is 1. The predicted octanol–water partition coefficient (Wildman–Crippen LogP) is 2.88. The molecule has 1 aliphatic rings. The molecule has 1 unspecified atom stereocenters. The van der Waals surface area contributed by atoms with Gasteiger partial charge in [-0.15, -0.1) is 0 Å². The maximum absolute atomic E-state index is 13.4. The molecule has 0 spiro atoms. The monoisotopic (exact) mass is 313 g/mol. The molecule has 1 amide bonds. The molecule has 0 aromatic heterocycles. The van der Waals surface area contributed by atoms with Gasteiger partial charge < -0.3 is 10.1 Å². The van der Waals surface area contributed by atoms with Crippen molar-refractivity contribution >= 4 is 23.3 Å². The van der Waals surface area contributed by atoms with Crippen LogP contribution in [-0.4, -0.2) is 24.3 Å². The molecule has 1 fully saturated rings. The van der Waals surface area contributed by atoms with Gasteiger partial charge in [-0.2, -0.15) is 0 Å². The second-order valence-electron chi connectivity index (χ2n) is 5.01. The van der Waals surface area contributed by atoms with Crippen molar-refractivity contribution in [3.05, 3.63) is 29.0 Å². The zero-order valence-corrected chi connectivity index (χ0v) is 12.3. The molecule has 0 saturated heterocycles. The lowest BCUT2D eigenvalue weighted by Crippen LogP contribution is -2.37. The molecule has 1 saturated carbocycles. The summed E-state index contributed by atoms with van der Waals surface area (Å²) in [5, 5.41) is 3.02. The van der Waals surface area contributed by atoms with Gasteiger partial charge in [0.25, 0.3) is 0 Å². The van der Waals surface area contributed by atoms with Gasteiger partial charge in [0.1, 0.15) is 0 Å². The summed E-state index contributed by atoms with van der Waals surface area (Å²) in [5.41, 5.74) is 0. The summed E-state index contributed by atoms with van der Waals surface area (Å²) in [7, 11) is 0. The summed E-state index contributed by atoms with van der Waals surface area (Å²) in [6, 6.07) is 3.84. The molecule has 0 bridgehead atoms.